The Bertz CT molecular complexity index is 726. The van der Waals surface area contributed by atoms with Gasteiger partial charge in [0.15, 0.2) is 5.78 Å². The first kappa shape index (κ1) is 12.9. The van der Waals surface area contributed by atoms with E-state index in [0.717, 1.165) is 22.3 Å². The highest BCUT2D eigenvalue weighted by Gasteiger charge is 2.29. The van der Waals surface area contributed by atoms with Crippen molar-refractivity contribution in [2.24, 2.45) is 0 Å². The van der Waals surface area contributed by atoms with E-state index < -0.39 is 0 Å². The van der Waals surface area contributed by atoms with Crippen molar-refractivity contribution < 1.29 is 4.79 Å². The largest absolute Gasteiger partial charge is 0.289 e. The highest BCUT2D eigenvalue weighted by Crippen LogP contribution is 2.41. The molecule has 1 aliphatic rings. The number of hydrogen-bond donors (Lipinski definition) is 0. The second-order valence-electron chi connectivity index (χ2n) is 4.81. The fraction of sp³-hybridized carbons (Fsp3) is 0.0556. The van der Waals surface area contributed by atoms with E-state index >= 15 is 0 Å². The Hall–Kier alpha value is -2.12. The number of rotatable bonds is 2. The van der Waals surface area contributed by atoms with Gasteiger partial charge in [0.05, 0.1) is 0 Å². The quantitative estimate of drug-likeness (QED) is 0.724. The van der Waals surface area contributed by atoms with Gasteiger partial charge in [0.25, 0.3) is 0 Å². The van der Waals surface area contributed by atoms with Crippen LogP contribution in [0.15, 0.2) is 66.7 Å². The molecule has 0 spiro atoms. The van der Waals surface area contributed by atoms with Crippen LogP contribution in [0.3, 0.4) is 0 Å². The molecule has 3 rings (SSSR count). The monoisotopic (exact) mass is 280 g/mol. The van der Waals surface area contributed by atoms with Gasteiger partial charge in [-0.1, -0.05) is 66.7 Å². The standard InChI is InChI=1S/C18H13ClO/c1-12-11-15(14-9-5-6-10-16(14)19)17(18(12)20)13-7-3-2-4-8-13/h2-10H,1,11H2. The van der Waals surface area contributed by atoms with Crippen molar-refractivity contribution in [1.82, 2.24) is 0 Å². The molecule has 0 N–H and O–H groups in total. The van der Waals surface area contributed by atoms with E-state index in [0.29, 0.717) is 17.0 Å². The maximum absolute atomic E-state index is 12.4. The Balaban J connectivity index is 2.24. The van der Waals surface area contributed by atoms with E-state index in [4.69, 9.17) is 11.6 Å². The molecule has 1 aliphatic carbocycles. The van der Waals surface area contributed by atoms with Crippen LogP contribution in [-0.2, 0) is 4.79 Å². The minimum absolute atomic E-state index is 0.0196. The number of allylic oxidation sites excluding steroid dienone is 3. The molecule has 0 radical (unpaired) electrons. The molecule has 2 aromatic rings. The van der Waals surface area contributed by atoms with E-state index in [1.165, 1.54) is 0 Å². The maximum Gasteiger partial charge on any atom is 0.189 e. The highest BCUT2D eigenvalue weighted by molar-refractivity contribution is 6.40. The lowest BCUT2D eigenvalue weighted by Crippen LogP contribution is -1.97. The predicted octanol–water partition coefficient (Wildman–Crippen LogP) is 4.78. The van der Waals surface area contributed by atoms with Crippen LogP contribution < -0.4 is 0 Å². The summed E-state index contributed by atoms with van der Waals surface area (Å²) < 4.78 is 0. The Morgan fingerprint density at radius 3 is 2.30 bits per heavy atom. The molecule has 1 nitrogen and oxygen atoms in total. The van der Waals surface area contributed by atoms with Crippen LogP contribution in [0.2, 0.25) is 5.02 Å². The number of carbonyl (C=O) groups excluding carboxylic acids is 1. The maximum atomic E-state index is 12.4. The summed E-state index contributed by atoms with van der Waals surface area (Å²) in [5.41, 5.74) is 4.16. The Morgan fingerprint density at radius 2 is 1.60 bits per heavy atom. The lowest BCUT2D eigenvalue weighted by molar-refractivity contribution is -0.110. The van der Waals surface area contributed by atoms with Gasteiger partial charge in [-0.3, -0.25) is 4.79 Å². The Morgan fingerprint density at radius 1 is 0.950 bits per heavy atom. The Kier molecular flexibility index (Phi) is 3.29. The van der Waals surface area contributed by atoms with Crippen LogP contribution in [0.5, 0.6) is 0 Å². The van der Waals surface area contributed by atoms with Gasteiger partial charge in [0, 0.05) is 17.0 Å². The summed E-state index contributed by atoms with van der Waals surface area (Å²) in [7, 11) is 0. The number of halogens is 1. The average molecular weight is 281 g/mol. The van der Waals surface area contributed by atoms with E-state index in [2.05, 4.69) is 6.58 Å². The second-order valence-corrected chi connectivity index (χ2v) is 5.22. The van der Waals surface area contributed by atoms with Gasteiger partial charge < -0.3 is 0 Å². The first-order valence-electron chi connectivity index (χ1n) is 6.44. The van der Waals surface area contributed by atoms with Gasteiger partial charge in [-0.05, 0) is 28.3 Å². The molecule has 2 heteroatoms. The summed E-state index contributed by atoms with van der Waals surface area (Å²) in [5.74, 6) is 0.0196. The van der Waals surface area contributed by atoms with Gasteiger partial charge in [0.2, 0.25) is 0 Å². The first-order chi connectivity index (χ1) is 9.68. The molecule has 0 aromatic heterocycles. The van der Waals surface area contributed by atoms with Gasteiger partial charge in [-0.15, -0.1) is 0 Å². The molecule has 0 saturated carbocycles. The van der Waals surface area contributed by atoms with Gasteiger partial charge in [-0.2, -0.15) is 0 Å². The van der Waals surface area contributed by atoms with Crippen molar-refractivity contribution >= 4 is 28.5 Å². The number of carbonyl (C=O) groups is 1. The topological polar surface area (TPSA) is 17.1 Å². The number of ketones is 1. The van der Waals surface area contributed by atoms with E-state index in [1.54, 1.807) is 0 Å². The minimum atomic E-state index is 0.0196. The van der Waals surface area contributed by atoms with Gasteiger partial charge in [-0.25, -0.2) is 0 Å². The van der Waals surface area contributed by atoms with Crippen LogP contribution in [0.1, 0.15) is 17.5 Å². The molecule has 0 saturated heterocycles. The molecule has 0 heterocycles. The molecule has 0 unspecified atom stereocenters. The van der Waals surface area contributed by atoms with Gasteiger partial charge >= 0.3 is 0 Å². The molecule has 0 aliphatic heterocycles. The zero-order valence-corrected chi connectivity index (χ0v) is 11.7. The molecular formula is C18H13ClO. The van der Waals surface area contributed by atoms with Crippen LogP contribution in [0, 0.1) is 0 Å². The summed E-state index contributed by atoms with van der Waals surface area (Å²) in [6.07, 6.45) is 0.562. The predicted molar refractivity (Wildman–Crippen MR) is 83.5 cm³/mol. The summed E-state index contributed by atoms with van der Waals surface area (Å²) >= 11 is 6.28. The summed E-state index contributed by atoms with van der Waals surface area (Å²) in [5, 5.41) is 0.665. The summed E-state index contributed by atoms with van der Waals surface area (Å²) in [4.78, 5) is 12.4. The Labute approximate surface area is 123 Å². The van der Waals surface area contributed by atoms with Crippen LogP contribution in [0.4, 0.5) is 0 Å². The second kappa shape index (κ2) is 5.10. The third kappa shape index (κ3) is 2.10. The molecule has 0 fully saturated rings. The van der Waals surface area contributed by atoms with E-state index in [-0.39, 0.29) is 5.78 Å². The average Bonchev–Trinajstić information content (AvgIpc) is 2.76. The molecule has 98 valence electrons. The first-order valence-corrected chi connectivity index (χ1v) is 6.82. The van der Waals surface area contributed by atoms with Crippen molar-refractivity contribution in [2.75, 3.05) is 0 Å². The molecule has 2 aromatic carbocycles. The SMILES string of the molecule is C=C1CC(c2ccccc2Cl)=C(c2ccccc2)C1=O. The van der Waals surface area contributed by atoms with Crippen LogP contribution >= 0.6 is 11.6 Å². The fourth-order valence-electron chi connectivity index (χ4n) is 2.54. The van der Waals surface area contributed by atoms with E-state index in [1.807, 2.05) is 54.6 Å². The molecule has 20 heavy (non-hydrogen) atoms. The third-order valence-corrected chi connectivity index (χ3v) is 3.83. The number of Topliss-reactive ketones (excluding diaryl/α,β-unsaturated/α-hetero) is 1. The van der Waals surface area contributed by atoms with Crippen molar-refractivity contribution in [3.63, 3.8) is 0 Å². The minimum Gasteiger partial charge on any atom is -0.289 e. The lowest BCUT2D eigenvalue weighted by Gasteiger charge is -2.08. The normalized spacial score (nSPS) is 15.1. The van der Waals surface area contributed by atoms with E-state index in [9.17, 15) is 4.79 Å². The smallest absolute Gasteiger partial charge is 0.189 e. The number of benzene rings is 2. The third-order valence-electron chi connectivity index (χ3n) is 3.50. The molecule has 0 amide bonds. The molecule has 0 bridgehead atoms. The molecule has 0 atom stereocenters. The van der Waals surface area contributed by atoms with Crippen molar-refractivity contribution in [3.05, 3.63) is 82.9 Å². The summed E-state index contributed by atoms with van der Waals surface area (Å²) in [6.45, 7) is 3.88. The molecular weight excluding hydrogens is 268 g/mol. The lowest BCUT2D eigenvalue weighted by atomic mass is 9.97. The highest BCUT2D eigenvalue weighted by atomic mass is 35.5. The number of hydrogen-bond acceptors (Lipinski definition) is 1. The van der Waals surface area contributed by atoms with Crippen molar-refractivity contribution in [1.29, 1.82) is 0 Å². The van der Waals surface area contributed by atoms with Crippen LogP contribution in [-0.4, -0.2) is 5.78 Å². The van der Waals surface area contributed by atoms with Gasteiger partial charge in [0.1, 0.15) is 0 Å². The van der Waals surface area contributed by atoms with Crippen molar-refractivity contribution in [3.8, 4) is 0 Å². The zero-order chi connectivity index (χ0) is 14.1. The fourth-order valence-corrected chi connectivity index (χ4v) is 2.79. The van der Waals surface area contributed by atoms with Crippen molar-refractivity contribution in [2.45, 2.75) is 6.42 Å². The zero-order valence-electron chi connectivity index (χ0n) is 10.9. The summed E-state index contributed by atoms with van der Waals surface area (Å²) in [6, 6.07) is 17.3. The van der Waals surface area contributed by atoms with Crippen LogP contribution in [0.25, 0.3) is 11.1 Å².